The van der Waals surface area contributed by atoms with Gasteiger partial charge in [0, 0.05) is 19.6 Å². The molecule has 1 aliphatic heterocycles. The van der Waals surface area contributed by atoms with Crippen LogP contribution in [-0.2, 0) is 21.2 Å². The van der Waals surface area contributed by atoms with Crippen molar-refractivity contribution in [1.82, 2.24) is 9.21 Å². The molecule has 3 rings (SSSR count). The van der Waals surface area contributed by atoms with E-state index in [0.717, 1.165) is 19.3 Å². The van der Waals surface area contributed by atoms with Gasteiger partial charge in [0.15, 0.2) is 0 Å². The Morgan fingerprint density at radius 2 is 1.57 bits per heavy atom. The third-order valence-electron chi connectivity index (χ3n) is 5.38. The SMILES string of the molecule is CCN(CC(=O)N1CCC(Cc2ccccc2)CC1)S(=O)(=O)c1ccccc1. The second-order valence-corrected chi connectivity index (χ2v) is 9.20. The fourth-order valence-corrected chi connectivity index (χ4v) is 5.11. The van der Waals surface area contributed by atoms with Gasteiger partial charge in [-0.05, 0) is 42.9 Å². The summed E-state index contributed by atoms with van der Waals surface area (Å²) in [4.78, 5) is 14.8. The minimum Gasteiger partial charge on any atom is -0.342 e. The summed E-state index contributed by atoms with van der Waals surface area (Å²) in [5.74, 6) is 0.460. The van der Waals surface area contributed by atoms with Crippen LogP contribution in [0, 0.1) is 5.92 Å². The van der Waals surface area contributed by atoms with Crippen molar-refractivity contribution >= 4 is 15.9 Å². The summed E-state index contributed by atoms with van der Waals surface area (Å²) in [6.45, 7) is 3.32. The Bertz CT molecular complexity index is 861. The van der Waals surface area contributed by atoms with Crippen LogP contribution in [0.25, 0.3) is 0 Å². The van der Waals surface area contributed by atoms with Gasteiger partial charge in [-0.3, -0.25) is 4.79 Å². The molecule has 2 aromatic carbocycles. The molecule has 0 spiro atoms. The molecule has 0 aromatic heterocycles. The van der Waals surface area contributed by atoms with Gasteiger partial charge in [-0.2, -0.15) is 4.31 Å². The van der Waals surface area contributed by atoms with E-state index in [2.05, 4.69) is 24.3 Å². The molecule has 6 heteroatoms. The maximum Gasteiger partial charge on any atom is 0.243 e. The van der Waals surface area contributed by atoms with Crippen molar-refractivity contribution in [2.45, 2.75) is 31.1 Å². The first-order valence-corrected chi connectivity index (χ1v) is 11.3. The maximum absolute atomic E-state index is 12.8. The van der Waals surface area contributed by atoms with E-state index in [1.807, 2.05) is 11.0 Å². The Balaban J connectivity index is 1.56. The predicted molar refractivity (Wildman–Crippen MR) is 110 cm³/mol. The predicted octanol–water partition coefficient (Wildman–Crippen LogP) is 3.18. The number of rotatable bonds is 7. The summed E-state index contributed by atoms with van der Waals surface area (Å²) in [6.07, 6.45) is 2.95. The number of sulfonamides is 1. The van der Waals surface area contributed by atoms with Crippen molar-refractivity contribution in [2.75, 3.05) is 26.2 Å². The highest BCUT2D eigenvalue weighted by atomic mass is 32.2. The number of amides is 1. The zero-order valence-electron chi connectivity index (χ0n) is 16.3. The number of benzene rings is 2. The fourth-order valence-electron chi connectivity index (χ4n) is 3.69. The molecule has 0 radical (unpaired) electrons. The Hall–Kier alpha value is -2.18. The lowest BCUT2D eigenvalue weighted by Crippen LogP contribution is -2.45. The number of carbonyl (C=O) groups is 1. The molecule has 28 heavy (non-hydrogen) atoms. The number of carbonyl (C=O) groups excluding carboxylic acids is 1. The summed E-state index contributed by atoms with van der Waals surface area (Å²) in [7, 11) is -3.65. The zero-order valence-corrected chi connectivity index (χ0v) is 17.1. The average Bonchev–Trinajstić information content (AvgIpc) is 2.73. The number of hydrogen-bond donors (Lipinski definition) is 0. The monoisotopic (exact) mass is 400 g/mol. The molecule has 1 saturated heterocycles. The lowest BCUT2D eigenvalue weighted by atomic mass is 9.90. The van der Waals surface area contributed by atoms with Crippen LogP contribution in [0.5, 0.6) is 0 Å². The first-order valence-electron chi connectivity index (χ1n) is 9.87. The van der Waals surface area contributed by atoms with Crippen molar-refractivity contribution < 1.29 is 13.2 Å². The van der Waals surface area contributed by atoms with Crippen molar-refractivity contribution in [3.05, 3.63) is 66.2 Å². The highest BCUT2D eigenvalue weighted by Crippen LogP contribution is 2.22. The van der Waals surface area contributed by atoms with E-state index in [4.69, 9.17) is 0 Å². The minimum absolute atomic E-state index is 0.100. The Labute approximate surface area is 168 Å². The van der Waals surface area contributed by atoms with Crippen molar-refractivity contribution in [3.8, 4) is 0 Å². The van der Waals surface area contributed by atoms with Gasteiger partial charge in [0.25, 0.3) is 0 Å². The van der Waals surface area contributed by atoms with E-state index in [1.54, 1.807) is 37.3 Å². The molecular weight excluding hydrogens is 372 g/mol. The molecule has 0 aliphatic carbocycles. The van der Waals surface area contributed by atoms with Crippen LogP contribution >= 0.6 is 0 Å². The van der Waals surface area contributed by atoms with Gasteiger partial charge >= 0.3 is 0 Å². The summed E-state index contributed by atoms with van der Waals surface area (Å²) in [5, 5.41) is 0. The first kappa shape index (κ1) is 20.6. The summed E-state index contributed by atoms with van der Waals surface area (Å²) < 4.78 is 26.8. The lowest BCUT2D eigenvalue weighted by Gasteiger charge is -2.33. The lowest BCUT2D eigenvalue weighted by molar-refractivity contribution is -0.132. The van der Waals surface area contributed by atoms with Crippen LogP contribution in [0.3, 0.4) is 0 Å². The van der Waals surface area contributed by atoms with Crippen LogP contribution in [-0.4, -0.2) is 49.7 Å². The fraction of sp³-hybridized carbons (Fsp3) is 0.409. The Morgan fingerprint density at radius 3 is 2.14 bits per heavy atom. The summed E-state index contributed by atoms with van der Waals surface area (Å²) in [6, 6.07) is 18.7. The standard InChI is InChI=1S/C22H28N2O3S/c1-2-24(28(26,27)21-11-7-4-8-12-21)18-22(25)23-15-13-20(14-16-23)17-19-9-5-3-6-10-19/h3-12,20H,2,13-18H2,1H3. The minimum atomic E-state index is -3.65. The zero-order chi connectivity index (χ0) is 20.0. The molecule has 0 unspecified atom stereocenters. The maximum atomic E-state index is 12.8. The van der Waals surface area contributed by atoms with Crippen LogP contribution in [0.4, 0.5) is 0 Å². The smallest absolute Gasteiger partial charge is 0.243 e. The van der Waals surface area contributed by atoms with Gasteiger partial charge in [0.05, 0.1) is 11.4 Å². The quantitative estimate of drug-likeness (QED) is 0.717. The number of likely N-dealkylation sites (N-methyl/N-ethyl adjacent to an activating group) is 1. The van der Waals surface area contributed by atoms with Crippen LogP contribution in [0.1, 0.15) is 25.3 Å². The second-order valence-electron chi connectivity index (χ2n) is 7.26. The first-order chi connectivity index (χ1) is 13.5. The number of hydrogen-bond acceptors (Lipinski definition) is 3. The molecule has 150 valence electrons. The number of likely N-dealkylation sites (tertiary alicyclic amines) is 1. The van der Waals surface area contributed by atoms with E-state index in [1.165, 1.54) is 9.87 Å². The number of piperidine rings is 1. The molecule has 2 aromatic rings. The van der Waals surface area contributed by atoms with Crippen LogP contribution in [0.2, 0.25) is 0 Å². The number of nitrogens with zero attached hydrogens (tertiary/aromatic N) is 2. The Kier molecular flexibility index (Phi) is 6.86. The highest BCUT2D eigenvalue weighted by Gasteiger charge is 2.29. The van der Waals surface area contributed by atoms with Gasteiger partial charge in [-0.15, -0.1) is 0 Å². The van der Waals surface area contributed by atoms with E-state index >= 15 is 0 Å². The molecular formula is C22H28N2O3S. The largest absolute Gasteiger partial charge is 0.342 e. The van der Waals surface area contributed by atoms with Crippen molar-refractivity contribution in [1.29, 1.82) is 0 Å². The molecule has 0 bridgehead atoms. The van der Waals surface area contributed by atoms with Gasteiger partial charge < -0.3 is 4.90 Å². The van der Waals surface area contributed by atoms with E-state index in [9.17, 15) is 13.2 Å². The van der Waals surface area contributed by atoms with Crippen molar-refractivity contribution in [2.24, 2.45) is 5.92 Å². The third kappa shape index (κ3) is 5.00. The molecule has 0 N–H and O–H groups in total. The van der Waals surface area contributed by atoms with E-state index in [-0.39, 0.29) is 23.9 Å². The molecule has 1 fully saturated rings. The Morgan fingerprint density at radius 1 is 1.00 bits per heavy atom. The normalized spacial score (nSPS) is 15.7. The topological polar surface area (TPSA) is 57.7 Å². The summed E-state index contributed by atoms with van der Waals surface area (Å²) >= 11 is 0. The van der Waals surface area contributed by atoms with Crippen LogP contribution < -0.4 is 0 Å². The average molecular weight is 401 g/mol. The molecule has 1 heterocycles. The van der Waals surface area contributed by atoms with Gasteiger partial charge in [0.2, 0.25) is 15.9 Å². The van der Waals surface area contributed by atoms with E-state index < -0.39 is 10.0 Å². The van der Waals surface area contributed by atoms with Gasteiger partial charge in [0.1, 0.15) is 0 Å². The van der Waals surface area contributed by atoms with E-state index in [0.29, 0.717) is 19.0 Å². The molecule has 1 aliphatic rings. The van der Waals surface area contributed by atoms with Crippen molar-refractivity contribution in [3.63, 3.8) is 0 Å². The molecule has 0 saturated carbocycles. The highest BCUT2D eigenvalue weighted by molar-refractivity contribution is 7.89. The van der Waals surface area contributed by atoms with Gasteiger partial charge in [-0.1, -0.05) is 55.5 Å². The van der Waals surface area contributed by atoms with Gasteiger partial charge in [-0.25, -0.2) is 8.42 Å². The third-order valence-corrected chi connectivity index (χ3v) is 7.31. The second kappa shape index (κ2) is 9.34. The molecule has 5 nitrogen and oxygen atoms in total. The summed E-state index contributed by atoms with van der Waals surface area (Å²) in [5.41, 5.74) is 1.33. The molecule has 1 amide bonds. The molecule has 0 atom stereocenters. The van der Waals surface area contributed by atoms with Crippen LogP contribution in [0.15, 0.2) is 65.6 Å².